The lowest BCUT2D eigenvalue weighted by Crippen LogP contribution is -1.91. The van der Waals surface area contributed by atoms with Gasteiger partial charge in [-0.3, -0.25) is 0 Å². The third-order valence-corrected chi connectivity index (χ3v) is 6.60. The topological polar surface area (TPSA) is 13.1 Å². The molecule has 0 radical (unpaired) electrons. The molecule has 0 unspecified atom stereocenters. The van der Waals surface area contributed by atoms with Crippen LogP contribution in [0.2, 0.25) is 0 Å². The summed E-state index contributed by atoms with van der Waals surface area (Å²) in [7, 11) is 0. The van der Waals surface area contributed by atoms with E-state index < -0.39 is 107 Å². The third kappa shape index (κ3) is 2.98. The van der Waals surface area contributed by atoms with Crippen molar-refractivity contribution in [2.75, 3.05) is 0 Å². The van der Waals surface area contributed by atoms with Gasteiger partial charge in [0.05, 0.1) is 20.6 Å². The van der Waals surface area contributed by atoms with E-state index in [2.05, 4.69) is 0 Å². The Balaban J connectivity index is 1.75. The predicted molar refractivity (Wildman–Crippen MR) is 157 cm³/mol. The first kappa shape index (κ1) is 10.6. The van der Waals surface area contributed by atoms with Gasteiger partial charge in [0.25, 0.3) is 0 Å². The van der Waals surface area contributed by atoms with Gasteiger partial charge in [-0.2, -0.15) is 0 Å². The molecule has 0 fully saturated rings. The van der Waals surface area contributed by atoms with Crippen molar-refractivity contribution in [1.82, 2.24) is 0 Å². The summed E-state index contributed by atoms with van der Waals surface area (Å²) >= 11 is 0. The lowest BCUT2D eigenvalue weighted by molar-refractivity contribution is 0.669. The highest BCUT2D eigenvalue weighted by Crippen LogP contribution is 2.45. The summed E-state index contributed by atoms with van der Waals surface area (Å²) in [6, 6.07) is 2.08. The van der Waals surface area contributed by atoms with Crippen molar-refractivity contribution in [2.24, 2.45) is 0 Å². The summed E-state index contributed by atoms with van der Waals surface area (Å²) in [4.78, 5) is 0. The second-order valence-electron chi connectivity index (χ2n) is 8.56. The molecular weight excluding hydrogens is 448 g/mol. The molecule has 0 aliphatic rings. The van der Waals surface area contributed by atoms with Crippen LogP contribution in [0.4, 0.5) is 0 Å². The summed E-state index contributed by atoms with van der Waals surface area (Å²) in [5, 5.41) is -0.428. The Kier molecular flexibility index (Phi) is 2.24. The van der Waals surface area contributed by atoms with Gasteiger partial charge in [0.15, 0.2) is 0 Å². The van der Waals surface area contributed by atoms with Crippen LogP contribution in [0.3, 0.4) is 0 Å². The fourth-order valence-electron chi connectivity index (χ4n) is 5.05. The van der Waals surface area contributed by atoms with E-state index in [1.165, 1.54) is 0 Å². The molecule has 7 aromatic carbocycles. The van der Waals surface area contributed by atoms with Gasteiger partial charge in [-0.1, -0.05) is 115 Å². The number of furan rings is 1. The minimum absolute atomic E-state index is 0.0286. The van der Waals surface area contributed by atoms with Crippen LogP contribution in [-0.4, -0.2) is 0 Å². The van der Waals surface area contributed by atoms with Gasteiger partial charge in [-0.25, -0.2) is 0 Å². The molecule has 172 valence electrons. The Morgan fingerprint density at radius 3 is 1.81 bits per heavy atom. The summed E-state index contributed by atoms with van der Waals surface area (Å²) in [6.07, 6.45) is 0. The number of fused-ring (bicyclic) bond motifs is 6. The average Bonchev–Trinajstić information content (AvgIpc) is 3.51. The lowest BCUT2D eigenvalue weighted by atomic mass is 9.84. The van der Waals surface area contributed by atoms with Crippen LogP contribution >= 0.6 is 0 Å². The summed E-state index contributed by atoms with van der Waals surface area (Å²) in [5.41, 5.74) is 0.632. The smallest absolute Gasteiger partial charge is 0.135 e. The Bertz CT molecular complexity index is 2880. The molecule has 0 amide bonds. The van der Waals surface area contributed by atoms with Gasteiger partial charge >= 0.3 is 0 Å². The fourth-order valence-corrected chi connectivity index (χ4v) is 5.05. The molecule has 0 bridgehead atoms. The van der Waals surface area contributed by atoms with Gasteiger partial charge in [-0.15, -0.1) is 0 Å². The molecule has 0 aliphatic heterocycles. The zero-order valence-electron chi connectivity index (χ0n) is 33.9. The van der Waals surface area contributed by atoms with Crippen molar-refractivity contribution in [2.45, 2.75) is 0 Å². The Hall–Kier alpha value is -4.88. The molecule has 0 aliphatic carbocycles. The number of benzene rings is 7. The zero-order chi connectivity index (χ0) is 37.4. The van der Waals surface area contributed by atoms with Crippen molar-refractivity contribution in [1.29, 1.82) is 0 Å². The van der Waals surface area contributed by atoms with Gasteiger partial charge in [-0.05, 0) is 72.8 Å². The summed E-state index contributed by atoms with van der Waals surface area (Å²) in [6.45, 7) is 0. The molecule has 0 saturated heterocycles. The molecule has 1 heterocycles. The maximum absolute atomic E-state index is 9.24. The highest BCUT2D eigenvalue weighted by molar-refractivity contribution is 6.24. The third-order valence-electron chi connectivity index (χ3n) is 6.60. The highest BCUT2D eigenvalue weighted by atomic mass is 16.3. The van der Waals surface area contributed by atoms with Gasteiger partial charge in [0.2, 0.25) is 0 Å². The molecule has 1 nitrogen and oxygen atoms in total. The summed E-state index contributed by atoms with van der Waals surface area (Å²) in [5.74, 6) is 0. The number of hydrogen-bond acceptors (Lipinski definition) is 1. The van der Waals surface area contributed by atoms with Gasteiger partial charge < -0.3 is 4.42 Å². The van der Waals surface area contributed by atoms with Crippen LogP contribution in [0.25, 0.3) is 76.5 Å². The van der Waals surface area contributed by atoms with E-state index >= 15 is 0 Å². The Morgan fingerprint density at radius 2 is 1.05 bits per heavy atom. The van der Waals surface area contributed by atoms with Crippen LogP contribution < -0.4 is 0 Å². The number of hydrogen-bond donors (Lipinski definition) is 0. The molecule has 0 atom stereocenters. The normalized spacial score (nSPS) is 17.5. The van der Waals surface area contributed by atoms with Crippen molar-refractivity contribution in [3.8, 4) is 22.3 Å². The van der Waals surface area contributed by atoms with E-state index in [-0.39, 0.29) is 32.7 Å². The van der Waals surface area contributed by atoms with Gasteiger partial charge in [0.1, 0.15) is 11.2 Å². The first-order valence-corrected chi connectivity index (χ1v) is 11.5. The van der Waals surface area contributed by atoms with E-state index in [4.69, 9.17) is 19.5 Å². The first-order chi connectivity index (χ1) is 24.6. The zero-order valence-corrected chi connectivity index (χ0v) is 18.9. The van der Waals surface area contributed by atoms with Crippen LogP contribution in [0.1, 0.15) is 20.6 Å². The minimum atomic E-state index is -0.753. The quantitative estimate of drug-likeness (QED) is 0.222. The van der Waals surface area contributed by atoms with Crippen LogP contribution in [0.5, 0.6) is 0 Å². The average molecular weight is 486 g/mol. The molecule has 8 aromatic rings. The molecule has 8 rings (SSSR count). The number of para-hydroxylation sites is 1. The monoisotopic (exact) mass is 485 g/mol. The van der Waals surface area contributed by atoms with E-state index in [9.17, 15) is 5.48 Å². The SMILES string of the molecule is [2H]c1c([2H])c([2H])c2c(-c3c4c([2H])c([2H])c([2H])c([2H])c4c(-c4ccc5oc6ccccc6c5c4)c4c([2H])c([2H])c([2H])c([2H])c34)c([2H])c([2H])c([2H])c2c1[2H]. The maximum atomic E-state index is 9.24. The standard InChI is InChI=1S/C36H22O/c1-2-12-25-23(10-1)11-9-18-27(25)36-30-16-5-3-14-28(30)35(29-15-4-6-17-31(29)36)24-20-21-34-32(22-24)26-13-7-8-19-33(26)37-34/h1-22H/i1D,2D,3D,4D,5D,6D,9D,10D,11D,12D,14D,15D,16D,17D,18D. The van der Waals surface area contributed by atoms with E-state index in [0.29, 0.717) is 22.1 Å². The van der Waals surface area contributed by atoms with Crippen LogP contribution in [0, 0.1) is 0 Å². The minimum Gasteiger partial charge on any atom is -0.456 e. The van der Waals surface area contributed by atoms with E-state index in [1.54, 1.807) is 30.3 Å². The molecule has 0 N–H and O–H groups in total. The van der Waals surface area contributed by atoms with Crippen molar-refractivity contribution in [3.05, 3.63) is 133 Å². The van der Waals surface area contributed by atoms with Crippen LogP contribution in [-0.2, 0) is 0 Å². The Morgan fingerprint density at radius 1 is 0.459 bits per heavy atom. The fraction of sp³-hybridized carbons (Fsp3) is 0. The predicted octanol–water partition coefficient (Wildman–Crippen LogP) is 10.4. The highest BCUT2D eigenvalue weighted by Gasteiger charge is 2.18. The second kappa shape index (κ2) is 7.81. The largest absolute Gasteiger partial charge is 0.456 e. The second-order valence-corrected chi connectivity index (χ2v) is 8.56. The van der Waals surface area contributed by atoms with Crippen LogP contribution in [0.15, 0.2) is 138 Å². The summed E-state index contributed by atoms with van der Waals surface area (Å²) < 4.78 is 139. The van der Waals surface area contributed by atoms with E-state index in [0.717, 1.165) is 5.39 Å². The molecular formula is C36H22O. The first-order valence-electron chi connectivity index (χ1n) is 19.0. The number of rotatable bonds is 2. The van der Waals surface area contributed by atoms with Crippen molar-refractivity contribution >= 4 is 54.3 Å². The van der Waals surface area contributed by atoms with Gasteiger partial charge in [0, 0.05) is 10.8 Å². The Labute approximate surface area is 235 Å². The van der Waals surface area contributed by atoms with Crippen molar-refractivity contribution < 1.29 is 25.0 Å². The molecule has 0 spiro atoms. The molecule has 1 heteroatoms. The van der Waals surface area contributed by atoms with E-state index in [1.807, 2.05) is 12.1 Å². The lowest BCUT2D eigenvalue weighted by Gasteiger charge is -2.18. The van der Waals surface area contributed by atoms with Crippen molar-refractivity contribution in [3.63, 3.8) is 0 Å². The maximum Gasteiger partial charge on any atom is 0.135 e. The molecule has 1 aromatic heterocycles. The molecule has 37 heavy (non-hydrogen) atoms. The molecule has 0 saturated carbocycles.